The second kappa shape index (κ2) is 5.44. The van der Waals surface area contributed by atoms with Gasteiger partial charge in [0.15, 0.2) is 0 Å². The van der Waals surface area contributed by atoms with Gasteiger partial charge in [0.25, 0.3) is 0 Å². The van der Waals surface area contributed by atoms with Gasteiger partial charge >= 0.3 is 0 Å². The molecule has 3 N–H and O–H groups in total. The highest BCUT2D eigenvalue weighted by Gasteiger charge is 2.26. The fourth-order valence-electron chi connectivity index (χ4n) is 1.48. The molecule has 6 nitrogen and oxygen atoms in total. The molecule has 0 radical (unpaired) electrons. The Balaban J connectivity index is 3.16. The van der Waals surface area contributed by atoms with Crippen LogP contribution in [0.3, 0.4) is 0 Å². The number of nitrogens with two attached hydrogens (primary N) is 1. The van der Waals surface area contributed by atoms with Crippen molar-refractivity contribution >= 4 is 15.8 Å². The van der Waals surface area contributed by atoms with Crippen LogP contribution in [0.1, 0.15) is 13.8 Å². The molecule has 1 aromatic heterocycles. The quantitative estimate of drug-likeness (QED) is 0.779. The Labute approximate surface area is 101 Å². The number of nitrogen functional groups attached to an aromatic ring is 1. The van der Waals surface area contributed by atoms with Crippen LogP contribution in [0.15, 0.2) is 23.2 Å². The van der Waals surface area contributed by atoms with Crippen LogP contribution >= 0.6 is 0 Å². The van der Waals surface area contributed by atoms with E-state index in [1.165, 1.54) is 22.6 Å². The molecule has 1 heterocycles. The van der Waals surface area contributed by atoms with E-state index in [1.807, 2.05) is 0 Å². The van der Waals surface area contributed by atoms with E-state index >= 15 is 0 Å². The summed E-state index contributed by atoms with van der Waals surface area (Å²) in [7, 11) is -3.63. The lowest BCUT2D eigenvalue weighted by atomic mass is 10.4. The van der Waals surface area contributed by atoms with Gasteiger partial charge in [-0.15, -0.1) is 0 Å². The summed E-state index contributed by atoms with van der Waals surface area (Å²) in [5.41, 5.74) is 5.46. The smallest absolute Gasteiger partial charge is 0.243 e. The monoisotopic (exact) mass is 259 g/mol. The van der Waals surface area contributed by atoms with Gasteiger partial charge in [-0.1, -0.05) is 0 Å². The fraction of sp³-hybridized carbons (Fsp3) is 0.500. The predicted octanol–water partition coefficient (Wildman–Crippen LogP) is 0.0552. The summed E-state index contributed by atoms with van der Waals surface area (Å²) < 4.78 is 25.7. The molecular weight excluding hydrogens is 242 g/mol. The summed E-state index contributed by atoms with van der Waals surface area (Å²) >= 11 is 0. The van der Waals surface area contributed by atoms with E-state index in [-0.39, 0.29) is 29.9 Å². The molecule has 7 heteroatoms. The van der Waals surface area contributed by atoms with Crippen LogP contribution in [0.4, 0.5) is 5.82 Å². The van der Waals surface area contributed by atoms with Crippen LogP contribution in [-0.2, 0) is 10.0 Å². The first-order chi connectivity index (χ1) is 7.89. The Morgan fingerprint density at radius 2 is 2.18 bits per heavy atom. The largest absolute Gasteiger partial charge is 0.395 e. The van der Waals surface area contributed by atoms with E-state index in [2.05, 4.69) is 4.98 Å². The minimum absolute atomic E-state index is 0.0578. The highest BCUT2D eigenvalue weighted by Crippen LogP contribution is 2.18. The van der Waals surface area contributed by atoms with Gasteiger partial charge in [0.05, 0.1) is 11.5 Å². The molecular formula is C10H17N3O3S. The topological polar surface area (TPSA) is 96.5 Å². The van der Waals surface area contributed by atoms with Crippen molar-refractivity contribution in [3.63, 3.8) is 0 Å². The molecule has 0 aliphatic heterocycles. The molecule has 0 unspecified atom stereocenters. The Hall–Kier alpha value is -1.18. The lowest BCUT2D eigenvalue weighted by Crippen LogP contribution is -2.38. The zero-order chi connectivity index (χ0) is 13.1. The Morgan fingerprint density at radius 3 is 2.65 bits per heavy atom. The molecule has 0 spiro atoms. The average molecular weight is 259 g/mol. The SMILES string of the molecule is CC(C)N(CCO)S(=O)(=O)c1ccnc(N)c1. The van der Waals surface area contributed by atoms with Crippen LogP contribution in [0.5, 0.6) is 0 Å². The zero-order valence-corrected chi connectivity index (χ0v) is 10.7. The maximum Gasteiger partial charge on any atom is 0.243 e. The first-order valence-electron chi connectivity index (χ1n) is 5.24. The number of aromatic nitrogens is 1. The number of hydrogen-bond acceptors (Lipinski definition) is 5. The number of hydrogen-bond donors (Lipinski definition) is 2. The first kappa shape index (κ1) is 13.9. The Morgan fingerprint density at radius 1 is 1.53 bits per heavy atom. The summed E-state index contributed by atoms with van der Waals surface area (Å²) in [5, 5.41) is 8.91. The lowest BCUT2D eigenvalue weighted by molar-refractivity contribution is 0.236. The highest BCUT2D eigenvalue weighted by atomic mass is 32.2. The molecule has 0 fully saturated rings. The van der Waals surface area contributed by atoms with Crippen molar-refractivity contribution in [1.82, 2.24) is 9.29 Å². The summed E-state index contributed by atoms with van der Waals surface area (Å²) in [5.74, 6) is 0.152. The van der Waals surface area contributed by atoms with Crippen molar-refractivity contribution < 1.29 is 13.5 Å². The molecule has 0 aromatic carbocycles. The van der Waals surface area contributed by atoms with E-state index in [0.717, 1.165) is 0 Å². The molecule has 0 aliphatic carbocycles. The van der Waals surface area contributed by atoms with E-state index in [9.17, 15) is 8.42 Å². The second-order valence-electron chi connectivity index (χ2n) is 3.85. The van der Waals surface area contributed by atoms with Crippen molar-refractivity contribution in [3.05, 3.63) is 18.3 Å². The molecule has 0 bridgehead atoms. The average Bonchev–Trinajstić information content (AvgIpc) is 2.25. The van der Waals surface area contributed by atoms with Crippen LogP contribution in [-0.4, -0.2) is 42.0 Å². The number of nitrogens with zero attached hydrogens (tertiary/aromatic N) is 2. The fourth-order valence-corrected chi connectivity index (χ4v) is 3.13. The standard InChI is InChI=1S/C10H17N3O3S/c1-8(2)13(5-6-14)17(15,16)9-3-4-12-10(11)7-9/h3-4,7-8,14H,5-6H2,1-2H3,(H2,11,12). The molecule has 0 aliphatic rings. The normalized spacial score (nSPS) is 12.3. The summed E-state index contributed by atoms with van der Waals surface area (Å²) in [4.78, 5) is 3.84. The first-order valence-corrected chi connectivity index (χ1v) is 6.68. The third-order valence-corrected chi connectivity index (χ3v) is 4.33. The number of aliphatic hydroxyl groups is 1. The molecule has 0 saturated heterocycles. The number of rotatable bonds is 5. The van der Waals surface area contributed by atoms with Gasteiger partial charge in [0.1, 0.15) is 5.82 Å². The van der Waals surface area contributed by atoms with Crippen LogP contribution in [0.2, 0.25) is 0 Å². The number of sulfonamides is 1. The molecule has 0 atom stereocenters. The van der Waals surface area contributed by atoms with E-state index in [1.54, 1.807) is 13.8 Å². The van der Waals surface area contributed by atoms with E-state index < -0.39 is 10.0 Å². The van der Waals surface area contributed by atoms with Crippen LogP contribution in [0, 0.1) is 0 Å². The molecule has 1 aromatic rings. The minimum Gasteiger partial charge on any atom is -0.395 e. The molecule has 0 amide bonds. The number of aliphatic hydroxyl groups excluding tert-OH is 1. The van der Waals surface area contributed by atoms with Crippen molar-refractivity contribution in [2.45, 2.75) is 24.8 Å². The second-order valence-corrected chi connectivity index (χ2v) is 5.74. The summed E-state index contributed by atoms with van der Waals surface area (Å²) in [6, 6.07) is 2.46. The van der Waals surface area contributed by atoms with Crippen molar-refractivity contribution in [2.75, 3.05) is 18.9 Å². The third-order valence-electron chi connectivity index (χ3n) is 2.26. The van der Waals surface area contributed by atoms with Gasteiger partial charge in [0, 0.05) is 24.8 Å². The molecule has 1 rings (SSSR count). The molecule has 96 valence electrons. The van der Waals surface area contributed by atoms with Gasteiger partial charge in [-0.2, -0.15) is 4.31 Å². The van der Waals surface area contributed by atoms with Crippen molar-refractivity contribution in [3.8, 4) is 0 Å². The highest BCUT2D eigenvalue weighted by molar-refractivity contribution is 7.89. The van der Waals surface area contributed by atoms with Gasteiger partial charge in [-0.25, -0.2) is 13.4 Å². The Bertz CT molecular complexity index is 473. The molecule has 0 saturated carbocycles. The van der Waals surface area contributed by atoms with Gasteiger partial charge in [0.2, 0.25) is 10.0 Å². The third kappa shape index (κ3) is 3.15. The van der Waals surface area contributed by atoms with E-state index in [4.69, 9.17) is 10.8 Å². The Kier molecular flexibility index (Phi) is 4.44. The van der Waals surface area contributed by atoms with Gasteiger partial charge in [-0.05, 0) is 19.9 Å². The van der Waals surface area contributed by atoms with Gasteiger partial charge < -0.3 is 10.8 Å². The lowest BCUT2D eigenvalue weighted by Gasteiger charge is -2.25. The zero-order valence-electron chi connectivity index (χ0n) is 9.87. The van der Waals surface area contributed by atoms with Crippen molar-refractivity contribution in [1.29, 1.82) is 0 Å². The summed E-state index contributed by atoms with van der Waals surface area (Å²) in [6.07, 6.45) is 1.35. The molecule has 17 heavy (non-hydrogen) atoms. The van der Waals surface area contributed by atoms with Crippen LogP contribution < -0.4 is 5.73 Å². The van der Waals surface area contributed by atoms with Gasteiger partial charge in [-0.3, -0.25) is 0 Å². The summed E-state index contributed by atoms with van der Waals surface area (Å²) in [6.45, 7) is 3.33. The number of pyridine rings is 1. The minimum atomic E-state index is -3.63. The number of anilines is 1. The van der Waals surface area contributed by atoms with E-state index in [0.29, 0.717) is 0 Å². The maximum atomic E-state index is 12.2. The van der Waals surface area contributed by atoms with Crippen LogP contribution in [0.25, 0.3) is 0 Å². The predicted molar refractivity (Wildman–Crippen MR) is 64.8 cm³/mol. The van der Waals surface area contributed by atoms with Crippen molar-refractivity contribution in [2.24, 2.45) is 0 Å². The maximum absolute atomic E-state index is 12.2.